The summed E-state index contributed by atoms with van der Waals surface area (Å²) in [6.07, 6.45) is -1.30. The van der Waals surface area contributed by atoms with Crippen molar-refractivity contribution in [1.82, 2.24) is 0 Å². The molecule has 21 heavy (non-hydrogen) atoms. The molecule has 0 saturated carbocycles. The smallest absolute Gasteiger partial charge is 0.417 e. The van der Waals surface area contributed by atoms with Gasteiger partial charge in [0.2, 0.25) is 0 Å². The lowest BCUT2D eigenvalue weighted by Gasteiger charge is -2.11. The lowest BCUT2D eigenvalue weighted by atomic mass is 10.3. The van der Waals surface area contributed by atoms with Crippen LogP contribution in [-0.4, -0.2) is 19.3 Å². The minimum Gasteiger partial charge on any atom is -0.453 e. The van der Waals surface area contributed by atoms with Crippen LogP contribution >= 0.6 is 0 Å². The topological polar surface area (TPSA) is 76.7 Å². The van der Waals surface area contributed by atoms with Crippen LogP contribution in [0.3, 0.4) is 0 Å². The van der Waals surface area contributed by atoms with Gasteiger partial charge in [-0.2, -0.15) is 0 Å². The Morgan fingerprint density at radius 1 is 0.857 bits per heavy atom. The lowest BCUT2D eigenvalue weighted by molar-refractivity contribution is 0.186. The number of hydrogen-bond donors (Lipinski definition) is 2. The maximum absolute atomic E-state index is 11.8. The molecule has 0 unspecified atom stereocenters. The van der Waals surface area contributed by atoms with E-state index in [-0.39, 0.29) is 5.75 Å². The monoisotopic (exact) mass is 286 g/mol. The van der Waals surface area contributed by atoms with Gasteiger partial charge in [-0.05, 0) is 24.3 Å². The molecular formula is C15H14N2O4. The van der Waals surface area contributed by atoms with Gasteiger partial charge in [0, 0.05) is 5.69 Å². The van der Waals surface area contributed by atoms with E-state index in [0.29, 0.717) is 11.4 Å². The Balaban J connectivity index is 2.05. The molecule has 2 N–H and O–H groups in total. The minimum atomic E-state index is -0.652. The van der Waals surface area contributed by atoms with Crippen LogP contribution in [0.25, 0.3) is 0 Å². The van der Waals surface area contributed by atoms with Gasteiger partial charge < -0.3 is 9.47 Å². The van der Waals surface area contributed by atoms with Gasteiger partial charge in [-0.15, -0.1) is 0 Å². The van der Waals surface area contributed by atoms with Crippen molar-refractivity contribution in [3.63, 3.8) is 0 Å². The first-order valence-electron chi connectivity index (χ1n) is 6.17. The largest absolute Gasteiger partial charge is 0.453 e. The van der Waals surface area contributed by atoms with E-state index < -0.39 is 12.2 Å². The zero-order chi connectivity index (χ0) is 15.1. The first-order chi connectivity index (χ1) is 10.2. The summed E-state index contributed by atoms with van der Waals surface area (Å²) in [6, 6.07) is 15.5. The van der Waals surface area contributed by atoms with Crippen LogP contribution in [-0.2, 0) is 4.74 Å². The number of hydrogen-bond acceptors (Lipinski definition) is 4. The van der Waals surface area contributed by atoms with Gasteiger partial charge in [-0.1, -0.05) is 30.3 Å². The van der Waals surface area contributed by atoms with Gasteiger partial charge in [0.1, 0.15) is 0 Å². The molecule has 6 nitrogen and oxygen atoms in total. The number of carbonyl (C=O) groups is 2. The third-order valence-corrected chi connectivity index (χ3v) is 2.53. The fourth-order valence-electron chi connectivity index (χ4n) is 1.58. The number of methoxy groups -OCH3 is 1. The molecule has 2 aromatic carbocycles. The molecule has 0 fully saturated rings. The highest BCUT2D eigenvalue weighted by Gasteiger charge is 2.11. The van der Waals surface area contributed by atoms with E-state index in [1.165, 1.54) is 7.11 Å². The van der Waals surface area contributed by atoms with Gasteiger partial charge in [-0.25, -0.2) is 9.59 Å². The van der Waals surface area contributed by atoms with E-state index >= 15 is 0 Å². The fourth-order valence-corrected chi connectivity index (χ4v) is 1.58. The minimum absolute atomic E-state index is 0.219. The second-order valence-electron chi connectivity index (χ2n) is 3.99. The summed E-state index contributed by atoms with van der Waals surface area (Å²) in [4.78, 5) is 23.0. The van der Waals surface area contributed by atoms with Crippen molar-refractivity contribution < 1.29 is 19.1 Å². The van der Waals surface area contributed by atoms with Gasteiger partial charge in [0.15, 0.2) is 5.75 Å². The van der Waals surface area contributed by atoms with Gasteiger partial charge in [0.05, 0.1) is 12.8 Å². The summed E-state index contributed by atoms with van der Waals surface area (Å²) in [5, 5.41) is 5.04. The number of ether oxygens (including phenoxy) is 2. The SMILES string of the molecule is COC(=O)Nc1ccccc1OC(=O)Nc1ccccc1. The molecule has 0 aliphatic heterocycles. The van der Waals surface area contributed by atoms with Crippen LogP contribution in [0, 0.1) is 0 Å². The molecule has 0 aliphatic carbocycles. The second-order valence-corrected chi connectivity index (χ2v) is 3.99. The predicted octanol–water partition coefficient (Wildman–Crippen LogP) is 3.48. The van der Waals surface area contributed by atoms with Crippen LogP contribution in [0.4, 0.5) is 21.0 Å². The van der Waals surface area contributed by atoms with Crippen molar-refractivity contribution in [3.8, 4) is 5.75 Å². The summed E-state index contributed by atoms with van der Waals surface area (Å²) in [5.74, 6) is 0.219. The first-order valence-corrected chi connectivity index (χ1v) is 6.17. The molecular weight excluding hydrogens is 272 g/mol. The molecule has 2 aromatic rings. The van der Waals surface area contributed by atoms with Crippen molar-refractivity contribution in [2.45, 2.75) is 0 Å². The van der Waals surface area contributed by atoms with Crippen molar-refractivity contribution in [3.05, 3.63) is 54.6 Å². The summed E-state index contributed by atoms with van der Waals surface area (Å²) in [5.41, 5.74) is 0.952. The molecule has 0 radical (unpaired) electrons. The Labute approximate surface area is 121 Å². The highest BCUT2D eigenvalue weighted by atomic mass is 16.6. The Kier molecular flexibility index (Phi) is 4.76. The first kappa shape index (κ1) is 14.4. The van der Waals surface area contributed by atoms with E-state index in [1.54, 1.807) is 48.5 Å². The summed E-state index contributed by atoms with van der Waals surface area (Å²) in [6.45, 7) is 0. The van der Waals surface area contributed by atoms with E-state index in [9.17, 15) is 9.59 Å². The van der Waals surface area contributed by atoms with E-state index in [0.717, 1.165) is 0 Å². The van der Waals surface area contributed by atoms with Gasteiger partial charge in [0.25, 0.3) is 0 Å². The van der Waals surface area contributed by atoms with Crippen molar-refractivity contribution >= 4 is 23.6 Å². The van der Waals surface area contributed by atoms with Crippen molar-refractivity contribution in [2.24, 2.45) is 0 Å². The third-order valence-electron chi connectivity index (χ3n) is 2.53. The summed E-state index contributed by atoms with van der Waals surface area (Å²) >= 11 is 0. The number of rotatable bonds is 3. The molecule has 0 atom stereocenters. The van der Waals surface area contributed by atoms with E-state index in [1.807, 2.05) is 6.07 Å². The van der Waals surface area contributed by atoms with Crippen LogP contribution in [0.1, 0.15) is 0 Å². The molecule has 0 aromatic heterocycles. The summed E-state index contributed by atoms with van der Waals surface area (Å²) < 4.78 is 9.68. The maximum atomic E-state index is 11.8. The molecule has 0 aliphatic rings. The zero-order valence-corrected chi connectivity index (χ0v) is 11.3. The highest BCUT2D eigenvalue weighted by molar-refractivity contribution is 5.90. The highest BCUT2D eigenvalue weighted by Crippen LogP contribution is 2.24. The van der Waals surface area contributed by atoms with E-state index in [4.69, 9.17) is 4.74 Å². The van der Waals surface area contributed by atoms with Crippen molar-refractivity contribution in [1.29, 1.82) is 0 Å². The number of carbonyl (C=O) groups excluding carboxylic acids is 2. The van der Waals surface area contributed by atoms with Crippen molar-refractivity contribution in [2.75, 3.05) is 17.7 Å². The molecule has 108 valence electrons. The quantitative estimate of drug-likeness (QED) is 0.905. The van der Waals surface area contributed by atoms with Gasteiger partial charge in [-0.3, -0.25) is 10.6 Å². The molecule has 0 spiro atoms. The molecule has 2 rings (SSSR count). The normalized spacial score (nSPS) is 9.57. The molecule has 0 bridgehead atoms. The Bertz CT molecular complexity index is 629. The van der Waals surface area contributed by atoms with Crippen LogP contribution < -0.4 is 15.4 Å². The second kappa shape index (κ2) is 6.95. The summed E-state index contributed by atoms with van der Waals surface area (Å²) in [7, 11) is 1.25. The Hall–Kier alpha value is -3.02. The lowest BCUT2D eigenvalue weighted by Crippen LogP contribution is -2.18. The van der Waals surface area contributed by atoms with Crippen LogP contribution in [0.5, 0.6) is 5.75 Å². The van der Waals surface area contributed by atoms with Crippen LogP contribution in [0.15, 0.2) is 54.6 Å². The number of benzene rings is 2. The predicted molar refractivity (Wildman–Crippen MR) is 78.6 cm³/mol. The zero-order valence-electron chi connectivity index (χ0n) is 11.3. The molecule has 0 heterocycles. The third kappa shape index (κ3) is 4.24. The fraction of sp³-hybridized carbons (Fsp3) is 0.0667. The number of nitrogens with one attached hydrogen (secondary N) is 2. The number of para-hydroxylation sites is 3. The molecule has 6 heteroatoms. The number of amides is 2. The maximum Gasteiger partial charge on any atom is 0.417 e. The molecule has 0 saturated heterocycles. The van der Waals surface area contributed by atoms with Gasteiger partial charge >= 0.3 is 12.2 Å². The standard InChI is InChI=1S/C15H14N2O4/c1-20-14(18)17-12-9-5-6-10-13(12)21-15(19)16-11-7-3-2-4-8-11/h2-10H,1H3,(H,16,19)(H,17,18). The Morgan fingerprint density at radius 3 is 2.24 bits per heavy atom. The number of anilines is 2. The average Bonchev–Trinajstić information content (AvgIpc) is 2.50. The van der Waals surface area contributed by atoms with Crippen LogP contribution in [0.2, 0.25) is 0 Å². The average molecular weight is 286 g/mol. The Morgan fingerprint density at radius 2 is 1.52 bits per heavy atom. The molecule has 2 amide bonds. The van der Waals surface area contributed by atoms with E-state index in [2.05, 4.69) is 15.4 Å².